The van der Waals surface area contributed by atoms with E-state index in [1.54, 1.807) is 22.9 Å². The quantitative estimate of drug-likeness (QED) is 0.904. The molecule has 0 radical (unpaired) electrons. The number of carbonyl (C=O) groups excluding carboxylic acids is 1. The predicted octanol–water partition coefficient (Wildman–Crippen LogP) is 1.98. The van der Waals surface area contributed by atoms with Gasteiger partial charge in [-0.2, -0.15) is 0 Å². The highest BCUT2D eigenvalue weighted by Crippen LogP contribution is 2.33. The number of fused-ring (bicyclic) bond motifs is 2. The van der Waals surface area contributed by atoms with Gasteiger partial charge in [0.2, 0.25) is 5.91 Å². The molecular weight excluding hydrogens is 302 g/mol. The van der Waals surface area contributed by atoms with Crippen molar-refractivity contribution in [2.45, 2.75) is 37.9 Å². The summed E-state index contributed by atoms with van der Waals surface area (Å²) in [6.45, 7) is 0.499. The number of aromatic nitrogens is 1. The van der Waals surface area contributed by atoms with Crippen LogP contribution in [0.2, 0.25) is 0 Å². The van der Waals surface area contributed by atoms with Crippen LogP contribution in [0.5, 0.6) is 0 Å². The van der Waals surface area contributed by atoms with E-state index in [1.807, 2.05) is 30.3 Å². The molecule has 1 aromatic heterocycles. The summed E-state index contributed by atoms with van der Waals surface area (Å²) >= 11 is 0. The van der Waals surface area contributed by atoms with Crippen LogP contribution in [0, 0.1) is 5.92 Å². The molecular formula is C19H21N3O2. The molecule has 2 aromatic rings. The van der Waals surface area contributed by atoms with Crippen molar-refractivity contribution >= 4 is 11.6 Å². The maximum atomic E-state index is 12.6. The van der Waals surface area contributed by atoms with Gasteiger partial charge < -0.3 is 15.2 Å². The minimum atomic E-state index is -0.161. The van der Waals surface area contributed by atoms with Crippen molar-refractivity contribution in [2.75, 3.05) is 5.32 Å². The van der Waals surface area contributed by atoms with Gasteiger partial charge in [0.05, 0.1) is 12.5 Å². The minimum absolute atomic E-state index is 0.0223. The monoisotopic (exact) mass is 323 g/mol. The van der Waals surface area contributed by atoms with Gasteiger partial charge in [0.25, 0.3) is 5.56 Å². The first-order valence-electron chi connectivity index (χ1n) is 8.51. The standard InChI is InChI=1S/C19H21N3O2/c23-18(15-11-14-8-9-16(15)20-14)21-17-7-4-10-22(19(17)24)12-13-5-2-1-3-6-13/h1-7,10,14-16,20H,8-9,11-12H2,(H,21,23)/t14-,15+,16+/m0/s1. The van der Waals surface area contributed by atoms with Crippen molar-refractivity contribution in [3.63, 3.8) is 0 Å². The second-order valence-electron chi connectivity index (χ2n) is 6.72. The molecule has 1 aromatic carbocycles. The van der Waals surface area contributed by atoms with Gasteiger partial charge in [-0.05, 0) is 37.0 Å². The zero-order valence-corrected chi connectivity index (χ0v) is 13.4. The third kappa shape index (κ3) is 2.87. The molecule has 3 heterocycles. The largest absolute Gasteiger partial charge is 0.321 e. The summed E-state index contributed by atoms with van der Waals surface area (Å²) in [6.07, 6.45) is 4.84. The van der Waals surface area contributed by atoms with Gasteiger partial charge in [-0.1, -0.05) is 30.3 Å². The van der Waals surface area contributed by atoms with E-state index in [4.69, 9.17) is 0 Å². The summed E-state index contributed by atoms with van der Waals surface area (Å²) in [7, 11) is 0. The number of rotatable bonds is 4. The molecule has 4 rings (SSSR count). The number of amides is 1. The Morgan fingerprint density at radius 2 is 2.00 bits per heavy atom. The lowest BCUT2D eigenvalue weighted by Gasteiger charge is -2.19. The maximum absolute atomic E-state index is 12.6. The molecule has 5 heteroatoms. The fraction of sp³-hybridized carbons (Fsp3) is 0.368. The van der Waals surface area contributed by atoms with Crippen LogP contribution in [0.1, 0.15) is 24.8 Å². The molecule has 124 valence electrons. The first kappa shape index (κ1) is 15.1. The normalized spacial score (nSPS) is 24.9. The Morgan fingerprint density at radius 1 is 1.17 bits per heavy atom. The van der Waals surface area contributed by atoms with Crippen molar-refractivity contribution in [3.05, 3.63) is 64.6 Å². The molecule has 2 N–H and O–H groups in total. The van der Waals surface area contributed by atoms with Crippen LogP contribution in [-0.4, -0.2) is 22.6 Å². The van der Waals surface area contributed by atoms with Gasteiger partial charge in [0.1, 0.15) is 5.69 Å². The Labute approximate surface area is 140 Å². The summed E-state index contributed by atoms with van der Waals surface area (Å²) in [6, 6.07) is 14.1. The van der Waals surface area contributed by atoms with Crippen LogP contribution in [0.3, 0.4) is 0 Å². The SMILES string of the molecule is O=C(Nc1cccn(Cc2ccccc2)c1=O)[C@@H]1C[C@@H]2CC[C@H]1N2. The molecule has 5 nitrogen and oxygen atoms in total. The Kier molecular flexibility index (Phi) is 3.94. The van der Waals surface area contributed by atoms with Crippen LogP contribution in [0.15, 0.2) is 53.5 Å². The van der Waals surface area contributed by atoms with Gasteiger partial charge in [-0.3, -0.25) is 9.59 Å². The van der Waals surface area contributed by atoms with Crippen molar-refractivity contribution in [2.24, 2.45) is 5.92 Å². The highest BCUT2D eigenvalue weighted by molar-refractivity contribution is 5.93. The zero-order valence-electron chi connectivity index (χ0n) is 13.4. The lowest BCUT2D eigenvalue weighted by molar-refractivity contribution is -0.120. The maximum Gasteiger partial charge on any atom is 0.274 e. The molecule has 3 atom stereocenters. The van der Waals surface area contributed by atoms with E-state index in [-0.39, 0.29) is 23.4 Å². The molecule has 2 aliphatic heterocycles. The number of pyridine rings is 1. The van der Waals surface area contributed by atoms with Crippen molar-refractivity contribution in [3.8, 4) is 0 Å². The van der Waals surface area contributed by atoms with E-state index < -0.39 is 0 Å². The zero-order chi connectivity index (χ0) is 16.5. The van der Waals surface area contributed by atoms with Gasteiger partial charge >= 0.3 is 0 Å². The highest BCUT2D eigenvalue weighted by Gasteiger charge is 2.42. The number of anilines is 1. The third-order valence-electron chi connectivity index (χ3n) is 5.11. The Balaban J connectivity index is 1.50. The molecule has 2 aliphatic rings. The summed E-state index contributed by atoms with van der Waals surface area (Å²) in [5.41, 5.74) is 1.26. The van der Waals surface area contributed by atoms with E-state index in [1.165, 1.54) is 0 Å². The predicted molar refractivity (Wildman–Crippen MR) is 92.9 cm³/mol. The molecule has 0 aliphatic carbocycles. The van der Waals surface area contributed by atoms with E-state index in [0.29, 0.717) is 18.3 Å². The fourth-order valence-corrected chi connectivity index (χ4v) is 3.88. The molecule has 0 saturated carbocycles. The van der Waals surface area contributed by atoms with Gasteiger partial charge in [-0.25, -0.2) is 0 Å². The van der Waals surface area contributed by atoms with Gasteiger partial charge in [0, 0.05) is 18.3 Å². The van der Waals surface area contributed by atoms with Crippen molar-refractivity contribution in [1.29, 1.82) is 0 Å². The number of benzene rings is 1. The number of carbonyl (C=O) groups is 1. The number of hydrogen-bond donors (Lipinski definition) is 2. The fourth-order valence-electron chi connectivity index (χ4n) is 3.88. The van der Waals surface area contributed by atoms with E-state index >= 15 is 0 Å². The molecule has 0 spiro atoms. The second kappa shape index (κ2) is 6.24. The Hall–Kier alpha value is -2.40. The summed E-state index contributed by atoms with van der Waals surface area (Å²) < 4.78 is 1.63. The molecule has 2 fully saturated rings. The summed E-state index contributed by atoms with van der Waals surface area (Å²) in [5.74, 6) is -0.0600. The van der Waals surface area contributed by atoms with Crippen LogP contribution < -0.4 is 16.2 Å². The van der Waals surface area contributed by atoms with Crippen LogP contribution in [-0.2, 0) is 11.3 Å². The van der Waals surface area contributed by atoms with E-state index in [9.17, 15) is 9.59 Å². The molecule has 1 amide bonds. The third-order valence-corrected chi connectivity index (χ3v) is 5.11. The second-order valence-corrected chi connectivity index (χ2v) is 6.72. The van der Waals surface area contributed by atoms with Crippen molar-refractivity contribution < 1.29 is 4.79 Å². The summed E-state index contributed by atoms with van der Waals surface area (Å²) in [4.78, 5) is 25.1. The summed E-state index contributed by atoms with van der Waals surface area (Å²) in [5, 5.41) is 6.31. The minimum Gasteiger partial charge on any atom is -0.321 e. The lowest BCUT2D eigenvalue weighted by Crippen LogP contribution is -2.35. The Morgan fingerprint density at radius 3 is 2.71 bits per heavy atom. The van der Waals surface area contributed by atoms with Crippen LogP contribution in [0.4, 0.5) is 5.69 Å². The molecule has 2 bridgehead atoms. The average Bonchev–Trinajstić information content (AvgIpc) is 3.23. The molecule has 24 heavy (non-hydrogen) atoms. The molecule has 2 saturated heterocycles. The van der Waals surface area contributed by atoms with Gasteiger partial charge in [-0.15, -0.1) is 0 Å². The number of nitrogens with one attached hydrogen (secondary N) is 2. The van der Waals surface area contributed by atoms with Crippen molar-refractivity contribution in [1.82, 2.24) is 9.88 Å². The lowest BCUT2D eigenvalue weighted by atomic mass is 9.88. The van der Waals surface area contributed by atoms with Crippen LogP contribution >= 0.6 is 0 Å². The Bertz CT molecular complexity index is 800. The number of hydrogen-bond acceptors (Lipinski definition) is 3. The average molecular weight is 323 g/mol. The van der Waals surface area contributed by atoms with Gasteiger partial charge in [0.15, 0.2) is 0 Å². The first-order valence-corrected chi connectivity index (χ1v) is 8.51. The first-order chi connectivity index (χ1) is 11.7. The van der Waals surface area contributed by atoms with E-state index in [0.717, 1.165) is 24.8 Å². The van der Waals surface area contributed by atoms with E-state index in [2.05, 4.69) is 10.6 Å². The molecule has 0 unspecified atom stereocenters. The number of nitrogens with zero attached hydrogens (tertiary/aromatic N) is 1. The smallest absolute Gasteiger partial charge is 0.274 e. The topological polar surface area (TPSA) is 63.1 Å². The van der Waals surface area contributed by atoms with Crippen LogP contribution in [0.25, 0.3) is 0 Å². The highest BCUT2D eigenvalue weighted by atomic mass is 16.2.